The van der Waals surface area contributed by atoms with E-state index in [2.05, 4.69) is 18.9 Å². The highest BCUT2D eigenvalue weighted by Crippen LogP contribution is 2.41. The van der Waals surface area contributed by atoms with Crippen LogP contribution in [0.25, 0.3) is 0 Å². The van der Waals surface area contributed by atoms with Gasteiger partial charge in [-0.3, -0.25) is 4.90 Å². The Bertz CT molecular complexity index is 192. The minimum Gasteiger partial charge on any atom is -0.329 e. The van der Waals surface area contributed by atoms with Gasteiger partial charge in [0.1, 0.15) is 0 Å². The summed E-state index contributed by atoms with van der Waals surface area (Å²) >= 11 is 0. The quantitative estimate of drug-likeness (QED) is 0.745. The molecule has 1 atom stereocenters. The fourth-order valence-electron chi connectivity index (χ4n) is 3.06. The number of rotatable bonds is 4. The molecule has 0 radical (unpaired) electrons. The van der Waals surface area contributed by atoms with Crippen LogP contribution in [-0.2, 0) is 0 Å². The molecule has 0 spiro atoms. The van der Waals surface area contributed by atoms with Crippen LogP contribution in [0.4, 0.5) is 0 Å². The third kappa shape index (κ3) is 1.70. The predicted octanol–water partition coefficient (Wildman–Crippen LogP) is 1.99. The van der Waals surface area contributed by atoms with Gasteiger partial charge in [0.25, 0.3) is 0 Å². The maximum atomic E-state index is 5.99. The van der Waals surface area contributed by atoms with Crippen molar-refractivity contribution >= 4 is 0 Å². The highest BCUT2D eigenvalue weighted by atomic mass is 15.2. The van der Waals surface area contributed by atoms with E-state index in [4.69, 9.17) is 5.73 Å². The van der Waals surface area contributed by atoms with E-state index in [9.17, 15) is 0 Å². The molecule has 0 bridgehead atoms. The van der Waals surface area contributed by atoms with Crippen molar-refractivity contribution in [3.8, 4) is 0 Å². The Morgan fingerprint density at radius 3 is 2.36 bits per heavy atom. The summed E-state index contributed by atoms with van der Waals surface area (Å²) < 4.78 is 0. The van der Waals surface area contributed by atoms with Crippen LogP contribution in [0.15, 0.2) is 0 Å². The summed E-state index contributed by atoms with van der Waals surface area (Å²) in [6, 6.07) is 0.747. The van der Waals surface area contributed by atoms with E-state index < -0.39 is 0 Å². The molecule has 0 aliphatic heterocycles. The van der Waals surface area contributed by atoms with Crippen molar-refractivity contribution in [3.05, 3.63) is 0 Å². The molecular weight excluding hydrogens is 172 g/mol. The standard InChI is InChI=1S/C12H24N2/c1-10(11-5-6-11)14(2)12(9-13)7-3-4-8-12/h10-11H,3-9,13H2,1-2H3. The van der Waals surface area contributed by atoms with Crippen molar-refractivity contribution in [1.82, 2.24) is 4.90 Å². The minimum atomic E-state index is 0.349. The molecule has 0 aromatic heterocycles. The molecule has 1 unspecified atom stereocenters. The zero-order chi connectivity index (χ0) is 10.2. The van der Waals surface area contributed by atoms with E-state index >= 15 is 0 Å². The molecule has 2 saturated carbocycles. The zero-order valence-electron chi connectivity index (χ0n) is 9.63. The van der Waals surface area contributed by atoms with Crippen LogP contribution in [0.2, 0.25) is 0 Å². The summed E-state index contributed by atoms with van der Waals surface area (Å²) in [7, 11) is 2.29. The summed E-state index contributed by atoms with van der Waals surface area (Å²) in [6.45, 7) is 3.23. The molecule has 0 amide bonds. The zero-order valence-corrected chi connectivity index (χ0v) is 9.63. The Morgan fingerprint density at radius 1 is 1.36 bits per heavy atom. The van der Waals surface area contributed by atoms with Gasteiger partial charge in [-0.05, 0) is 45.6 Å². The lowest BCUT2D eigenvalue weighted by atomic mass is 9.93. The van der Waals surface area contributed by atoms with Crippen LogP contribution >= 0.6 is 0 Å². The number of hydrogen-bond donors (Lipinski definition) is 1. The van der Waals surface area contributed by atoms with Gasteiger partial charge in [0, 0.05) is 18.1 Å². The Kier molecular flexibility index (Phi) is 2.85. The van der Waals surface area contributed by atoms with Crippen LogP contribution in [0.5, 0.6) is 0 Å². The molecule has 0 aromatic rings. The molecule has 2 rings (SSSR count). The second-order valence-electron chi connectivity index (χ2n) is 5.32. The van der Waals surface area contributed by atoms with E-state index in [1.807, 2.05) is 0 Å². The van der Waals surface area contributed by atoms with Crippen molar-refractivity contribution < 1.29 is 0 Å². The molecule has 82 valence electrons. The Morgan fingerprint density at radius 2 is 1.93 bits per heavy atom. The summed E-state index contributed by atoms with van der Waals surface area (Å²) in [5.41, 5.74) is 6.34. The largest absolute Gasteiger partial charge is 0.329 e. The van der Waals surface area contributed by atoms with Gasteiger partial charge in [0.05, 0.1) is 0 Å². The third-order valence-corrected chi connectivity index (χ3v) is 4.58. The van der Waals surface area contributed by atoms with Crippen molar-refractivity contribution in [1.29, 1.82) is 0 Å². The third-order valence-electron chi connectivity index (χ3n) is 4.58. The second-order valence-corrected chi connectivity index (χ2v) is 5.32. The first-order chi connectivity index (χ1) is 6.69. The summed E-state index contributed by atoms with van der Waals surface area (Å²) in [6.07, 6.45) is 8.25. The maximum Gasteiger partial charge on any atom is 0.0331 e. The number of nitrogens with two attached hydrogens (primary N) is 1. The molecule has 0 saturated heterocycles. The average molecular weight is 196 g/mol. The molecule has 2 N–H and O–H groups in total. The first-order valence-electron chi connectivity index (χ1n) is 6.13. The molecule has 2 aliphatic carbocycles. The fraction of sp³-hybridized carbons (Fsp3) is 1.00. The Hall–Kier alpha value is -0.0800. The van der Waals surface area contributed by atoms with Crippen LogP contribution in [-0.4, -0.2) is 30.1 Å². The van der Waals surface area contributed by atoms with Gasteiger partial charge in [-0.15, -0.1) is 0 Å². The van der Waals surface area contributed by atoms with E-state index in [1.165, 1.54) is 38.5 Å². The normalized spacial score (nSPS) is 28.3. The number of nitrogens with zero attached hydrogens (tertiary/aromatic N) is 1. The summed E-state index contributed by atoms with van der Waals surface area (Å²) in [4.78, 5) is 2.59. The van der Waals surface area contributed by atoms with Gasteiger partial charge >= 0.3 is 0 Å². The van der Waals surface area contributed by atoms with Crippen molar-refractivity contribution in [2.24, 2.45) is 11.7 Å². The first kappa shape index (κ1) is 10.4. The van der Waals surface area contributed by atoms with E-state index in [1.54, 1.807) is 0 Å². The van der Waals surface area contributed by atoms with Crippen molar-refractivity contribution in [2.45, 2.75) is 57.0 Å². The summed E-state index contributed by atoms with van der Waals surface area (Å²) in [5.74, 6) is 0.962. The van der Waals surface area contributed by atoms with Gasteiger partial charge < -0.3 is 5.73 Å². The van der Waals surface area contributed by atoms with Crippen molar-refractivity contribution in [2.75, 3.05) is 13.6 Å². The molecule has 14 heavy (non-hydrogen) atoms. The first-order valence-corrected chi connectivity index (χ1v) is 6.13. The van der Waals surface area contributed by atoms with Crippen molar-refractivity contribution in [3.63, 3.8) is 0 Å². The van der Waals surface area contributed by atoms with Crippen LogP contribution in [0.1, 0.15) is 45.4 Å². The minimum absolute atomic E-state index is 0.349. The maximum absolute atomic E-state index is 5.99. The summed E-state index contributed by atoms with van der Waals surface area (Å²) in [5, 5.41) is 0. The lowest BCUT2D eigenvalue weighted by Crippen LogP contribution is -2.54. The van der Waals surface area contributed by atoms with Gasteiger partial charge in [0.2, 0.25) is 0 Å². The van der Waals surface area contributed by atoms with Crippen LogP contribution < -0.4 is 5.73 Å². The lowest BCUT2D eigenvalue weighted by molar-refractivity contribution is 0.0792. The van der Waals surface area contributed by atoms with E-state index in [0.29, 0.717) is 5.54 Å². The lowest BCUT2D eigenvalue weighted by Gasteiger charge is -2.42. The molecule has 2 nitrogen and oxygen atoms in total. The number of hydrogen-bond acceptors (Lipinski definition) is 2. The van der Waals surface area contributed by atoms with Gasteiger partial charge in [-0.1, -0.05) is 12.8 Å². The molecule has 0 heterocycles. The molecular formula is C12H24N2. The molecule has 2 heteroatoms. The number of likely N-dealkylation sites (N-methyl/N-ethyl adjacent to an activating group) is 1. The molecule has 0 aromatic carbocycles. The van der Waals surface area contributed by atoms with Crippen LogP contribution in [0, 0.1) is 5.92 Å². The van der Waals surface area contributed by atoms with E-state index in [0.717, 1.165) is 18.5 Å². The average Bonchev–Trinajstić information content (AvgIpc) is 2.94. The van der Waals surface area contributed by atoms with Gasteiger partial charge in [-0.25, -0.2) is 0 Å². The SMILES string of the molecule is CC(C1CC1)N(C)C1(CN)CCCC1. The van der Waals surface area contributed by atoms with Crippen LogP contribution in [0.3, 0.4) is 0 Å². The van der Waals surface area contributed by atoms with Gasteiger partial charge in [-0.2, -0.15) is 0 Å². The highest BCUT2D eigenvalue weighted by Gasteiger charge is 2.42. The molecule has 2 fully saturated rings. The topological polar surface area (TPSA) is 29.3 Å². The second kappa shape index (κ2) is 3.82. The highest BCUT2D eigenvalue weighted by molar-refractivity contribution is 4.99. The smallest absolute Gasteiger partial charge is 0.0331 e. The van der Waals surface area contributed by atoms with Gasteiger partial charge in [0.15, 0.2) is 0 Å². The van der Waals surface area contributed by atoms with E-state index in [-0.39, 0.29) is 0 Å². The monoisotopic (exact) mass is 196 g/mol. The fourth-order valence-corrected chi connectivity index (χ4v) is 3.06. The Balaban J connectivity index is 2.02. The Labute approximate surface area is 87.8 Å². The molecule has 2 aliphatic rings. The predicted molar refractivity (Wildman–Crippen MR) is 60.2 cm³/mol.